The fourth-order valence-corrected chi connectivity index (χ4v) is 5.55. The number of aliphatic hydroxyl groups excluding tert-OH is 1. The number of nitrogens with one attached hydrogen (secondary N) is 2. The normalized spacial score (nSPS) is 23.4. The molecule has 2 fully saturated rings. The van der Waals surface area contributed by atoms with Crippen molar-refractivity contribution in [3.8, 4) is 5.75 Å². The van der Waals surface area contributed by atoms with Crippen molar-refractivity contribution in [1.29, 1.82) is 0 Å². The van der Waals surface area contributed by atoms with E-state index in [4.69, 9.17) is 9.47 Å². The molecule has 3 N–H and O–H groups in total. The van der Waals surface area contributed by atoms with Crippen LogP contribution in [0.1, 0.15) is 62.6 Å². The number of carbonyl (C=O) groups excluding carboxylic acids is 4. The van der Waals surface area contributed by atoms with Gasteiger partial charge in [-0.25, -0.2) is 0 Å². The summed E-state index contributed by atoms with van der Waals surface area (Å²) in [5, 5.41) is 15.5. The first kappa shape index (κ1) is 32.4. The Hall–Kier alpha value is -3.56. The van der Waals surface area contributed by atoms with Crippen molar-refractivity contribution in [3.05, 3.63) is 65.2 Å². The Morgan fingerprint density at radius 1 is 0.953 bits per heavy atom. The molecule has 232 valence electrons. The summed E-state index contributed by atoms with van der Waals surface area (Å²) in [6.07, 6.45) is 2.37. The first-order valence-corrected chi connectivity index (χ1v) is 15.2. The van der Waals surface area contributed by atoms with Gasteiger partial charge in [0.25, 0.3) is 0 Å². The van der Waals surface area contributed by atoms with E-state index < -0.39 is 29.5 Å². The Morgan fingerprint density at radius 3 is 2.12 bits per heavy atom. The third-order valence-electron chi connectivity index (χ3n) is 8.66. The van der Waals surface area contributed by atoms with Gasteiger partial charge >= 0.3 is 0 Å². The first-order valence-electron chi connectivity index (χ1n) is 15.2. The van der Waals surface area contributed by atoms with Crippen molar-refractivity contribution in [2.24, 2.45) is 11.8 Å². The predicted octanol–water partition coefficient (Wildman–Crippen LogP) is 3.26. The quantitative estimate of drug-likeness (QED) is 0.287. The lowest BCUT2D eigenvalue weighted by Gasteiger charge is -2.26. The zero-order valence-corrected chi connectivity index (χ0v) is 25.6. The second-order valence-electron chi connectivity index (χ2n) is 12.3. The molecule has 1 saturated heterocycles. The second-order valence-corrected chi connectivity index (χ2v) is 12.3. The van der Waals surface area contributed by atoms with Crippen LogP contribution < -0.4 is 15.4 Å². The number of methoxy groups -OCH3 is 1. The molecule has 2 amide bonds. The fourth-order valence-electron chi connectivity index (χ4n) is 5.55. The molecule has 2 aromatic rings. The van der Waals surface area contributed by atoms with Crippen LogP contribution in [-0.2, 0) is 36.8 Å². The number of Topliss-reactive ketones (excluding diaryl/α,β-unsaturated/α-hetero) is 2. The van der Waals surface area contributed by atoms with Gasteiger partial charge < -0.3 is 25.2 Å². The van der Waals surface area contributed by atoms with E-state index in [1.807, 2.05) is 43.3 Å². The molecule has 2 aliphatic rings. The minimum atomic E-state index is -0.933. The lowest BCUT2D eigenvalue weighted by molar-refractivity contribution is -0.135. The maximum absolute atomic E-state index is 13.8. The monoisotopic (exact) mass is 592 g/mol. The number of aliphatic hydroxyl groups is 1. The maximum atomic E-state index is 13.8. The van der Waals surface area contributed by atoms with E-state index in [0.29, 0.717) is 44.5 Å². The van der Waals surface area contributed by atoms with Crippen LogP contribution >= 0.6 is 0 Å². The van der Waals surface area contributed by atoms with Gasteiger partial charge in [0.1, 0.15) is 11.4 Å². The molecule has 1 aliphatic carbocycles. The fraction of sp³-hybridized carbons (Fsp3) is 0.529. The lowest BCUT2D eigenvalue weighted by Crippen LogP contribution is -2.50. The van der Waals surface area contributed by atoms with Crippen LogP contribution in [0.15, 0.2) is 48.5 Å². The van der Waals surface area contributed by atoms with E-state index in [1.54, 1.807) is 33.1 Å². The van der Waals surface area contributed by atoms with E-state index in [9.17, 15) is 24.3 Å². The van der Waals surface area contributed by atoms with Crippen LogP contribution in [0.25, 0.3) is 0 Å². The molecule has 9 nitrogen and oxygen atoms in total. The molecule has 1 aliphatic heterocycles. The van der Waals surface area contributed by atoms with Crippen LogP contribution in [0.2, 0.25) is 0 Å². The summed E-state index contributed by atoms with van der Waals surface area (Å²) >= 11 is 0. The third-order valence-corrected chi connectivity index (χ3v) is 8.66. The first-order chi connectivity index (χ1) is 20.5. The summed E-state index contributed by atoms with van der Waals surface area (Å²) in [6.45, 7) is 5.64. The van der Waals surface area contributed by atoms with Gasteiger partial charge in [0.15, 0.2) is 11.6 Å². The van der Waals surface area contributed by atoms with Gasteiger partial charge in [-0.15, -0.1) is 0 Å². The highest BCUT2D eigenvalue weighted by molar-refractivity contribution is 5.98. The molecule has 4 rings (SSSR count). The summed E-state index contributed by atoms with van der Waals surface area (Å²) in [7, 11) is 1.57. The number of ether oxygens (including phenoxy) is 2. The van der Waals surface area contributed by atoms with Gasteiger partial charge in [0, 0.05) is 18.3 Å². The highest BCUT2D eigenvalue weighted by Gasteiger charge is 2.50. The second kappa shape index (κ2) is 14.3. The molecule has 4 atom stereocenters. The van der Waals surface area contributed by atoms with Gasteiger partial charge in [-0.2, -0.15) is 0 Å². The number of hydrogen-bond donors (Lipinski definition) is 3. The highest BCUT2D eigenvalue weighted by atomic mass is 16.6. The van der Waals surface area contributed by atoms with Crippen molar-refractivity contribution in [2.75, 3.05) is 13.7 Å². The Kier molecular flexibility index (Phi) is 10.7. The molecule has 0 spiro atoms. The Labute approximate surface area is 253 Å². The smallest absolute Gasteiger partial charge is 0.224 e. The van der Waals surface area contributed by atoms with Crippen LogP contribution in [0.3, 0.4) is 0 Å². The van der Waals surface area contributed by atoms with Gasteiger partial charge in [0.2, 0.25) is 11.8 Å². The third kappa shape index (κ3) is 8.97. The van der Waals surface area contributed by atoms with Crippen LogP contribution in [0, 0.1) is 18.8 Å². The van der Waals surface area contributed by atoms with Crippen molar-refractivity contribution < 1.29 is 33.8 Å². The zero-order valence-electron chi connectivity index (χ0n) is 25.6. The Balaban J connectivity index is 1.49. The topological polar surface area (TPSA) is 134 Å². The Morgan fingerprint density at radius 2 is 1.53 bits per heavy atom. The average Bonchev–Trinajstić information content (AvgIpc) is 3.75. The Bertz CT molecular complexity index is 1280. The minimum absolute atomic E-state index is 0.109. The van der Waals surface area contributed by atoms with Crippen molar-refractivity contribution in [3.63, 3.8) is 0 Å². The van der Waals surface area contributed by atoms with Gasteiger partial charge in [-0.3, -0.25) is 19.2 Å². The summed E-state index contributed by atoms with van der Waals surface area (Å²) < 4.78 is 10.7. The molecule has 0 radical (unpaired) electrons. The molecule has 0 unspecified atom stereocenters. The van der Waals surface area contributed by atoms with Crippen LogP contribution in [0.5, 0.6) is 5.75 Å². The number of carbonyl (C=O) groups is 4. The molecular formula is C34H44N2O7. The van der Waals surface area contributed by atoms with E-state index >= 15 is 0 Å². The molecule has 0 bridgehead atoms. The molecule has 9 heteroatoms. The van der Waals surface area contributed by atoms with E-state index in [2.05, 4.69) is 10.6 Å². The van der Waals surface area contributed by atoms with E-state index in [1.165, 1.54) is 0 Å². The zero-order chi connectivity index (χ0) is 31.1. The predicted molar refractivity (Wildman–Crippen MR) is 162 cm³/mol. The standard InChI is InChI=1S/C34H44N2O7/c1-21-5-7-24(8-6-21)18-29(31(39)34(3)20-43-34)36-33(41)26(17-23-9-15-28(42-4)16-10-23)19-30(38)22(2)35-32(40)25-11-13-27(37)14-12-25/h5-10,15-16,22,25-27,29,37H,11-14,17-20H2,1-4H3,(H,35,40)(H,36,41)/t22-,25?,26-,27?,29+,34-/m1/s1. The van der Waals surface area contributed by atoms with E-state index in [0.717, 1.165) is 16.7 Å². The SMILES string of the molecule is COc1ccc(C[C@H](CC(=O)[C@@H](C)NC(=O)C2CCC(O)CC2)C(=O)N[C@@H](Cc2ccc(C)cc2)C(=O)[C@@]2(C)CO2)cc1. The minimum Gasteiger partial charge on any atom is -0.497 e. The van der Waals surface area contributed by atoms with Gasteiger partial charge in [0.05, 0.1) is 31.9 Å². The summed E-state index contributed by atoms with van der Waals surface area (Å²) in [5.74, 6) is -1.41. The van der Waals surface area contributed by atoms with Crippen molar-refractivity contribution in [2.45, 2.75) is 89.5 Å². The number of epoxide rings is 1. The van der Waals surface area contributed by atoms with Crippen LogP contribution in [-0.4, -0.2) is 66.0 Å². The number of benzene rings is 2. The molecule has 43 heavy (non-hydrogen) atoms. The van der Waals surface area contributed by atoms with Crippen LogP contribution in [0.4, 0.5) is 0 Å². The number of amides is 2. The number of aryl methyl sites for hydroxylation is 1. The molecule has 1 heterocycles. The molecule has 2 aromatic carbocycles. The summed E-state index contributed by atoms with van der Waals surface area (Å²) in [5.41, 5.74) is 1.90. The number of ketones is 2. The maximum Gasteiger partial charge on any atom is 0.224 e. The van der Waals surface area contributed by atoms with Crippen molar-refractivity contribution in [1.82, 2.24) is 10.6 Å². The lowest BCUT2D eigenvalue weighted by atomic mass is 9.86. The summed E-state index contributed by atoms with van der Waals surface area (Å²) in [4.78, 5) is 53.5. The van der Waals surface area contributed by atoms with Gasteiger partial charge in [-0.1, -0.05) is 42.0 Å². The number of rotatable bonds is 14. The molecular weight excluding hydrogens is 548 g/mol. The van der Waals surface area contributed by atoms with Gasteiger partial charge in [-0.05, 0) is 82.6 Å². The highest BCUT2D eigenvalue weighted by Crippen LogP contribution is 2.30. The molecule has 0 aromatic heterocycles. The van der Waals surface area contributed by atoms with E-state index in [-0.39, 0.29) is 42.3 Å². The largest absolute Gasteiger partial charge is 0.497 e. The average molecular weight is 593 g/mol. The number of hydrogen-bond acceptors (Lipinski definition) is 7. The molecule has 1 saturated carbocycles. The van der Waals surface area contributed by atoms with Crippen molar-refractivity contribution >= 4 is 23.4 Å². The summed E-state index contributed by atoms with van der Waals surface area (Å²) in [6, 6.07) is 13.5.